The molecule has 0 radical (unpaired) electrons. The number of unbranched alkanes of at least 4 members (excludes halogenated alkanes) is 3. The van der Waals surface area contributed by atoms with Crippen molar-refractivity contribution in [1.29, 1.82) is 0 Å². The first kappa shape index (κ1) is 29.0. The molecule has 1 aromatic rings. The second-order valence-corrected chi connectivity index (χ2v) is 11.7. The molecule has 0 spiro atoms. The lowest BCUT2D eigenvalue weighted by atomic mass is 9.87. The Morgan fingerprint density at radius 2 is 1.64 bits per heavy atom. The van der Waals surface area contributed by atoms with E-state index in [0.29, 0.717) is 18.4 Å². The number of hydrogen-bond donors (Lipinski definition) is 0. The molecular formula is C31H54N4O. The second-order valence-electron chi connectivity index (χ2n) is 11.7. The van der Waals surface area contributed by atoms with Crippen molar-refractivity contribution in [2.24, 2.45) is 5.92 Å². The largest absolute Gasteiger partial charge is 0.377 e. The number of anilines is 1. The van der Waals surface area contributed by atoms with Crippen LogP contribution in [-0.2, 0) is 4.79 Å². The van der Waals surface area contributed by atoms with Gasteiger partial charge in [-0.1, -0.05) is 45.2 Å². The summed E-state index contributed by atoms with van der Waals surface area (Å²) < 4.78 is 0. The van der Waals surface area contributed by atoms with Crippen LogP contribution in [0, 0.1) is 12.8 Å². The fourth-order valence-corrected chi connectivity index (χ4v) is 6.18. The molecule has 2 heterocycles. The Morgan fingerprint density at radius 3 is 2.28 bits per heavy atom. The summed E-state index contributed by atoms with van der Waals surface area (Å²) in [5.74, 6) is 1.78. The minimum Gasteiger partial charge on any atom is -0.377 e. The maximum Gasteiger partial charge on any atom is 0.236 e. The van der Waals surface area contributed by atoms with Crippen LogP contribution < -0.4 is 4.90 Å². The van der Waals surface area contributed by atoms with E-state index in [1.165, 1.54) is 87.8 Å². The number of piperidine rings is 2. The SMILES string of the molecule is CCCCCCN(CCC)CC(=O)N1CCC(CN2CCC(c3ccc(C)c(N(C)C)c3)CC2)CC1. The van der Waals surface area contributed by atoms with E-state index >= 15 is 0 Å². The average molecular weight is 499 g/mol. The van der Waals surface area contributed by atoms with Crippen molar-refractivity contribution in [3.63, 3.8) is 0 Å². The molecule has 2 fully saturated rings. The monoisotopic (exact) mass is 498 g/mol. The minimum atomic E-state index is 0.355. The van der Waals surface area contributed by atoms with Crippen LogP contribution in [0.3, 0.4) is 0 Å². The lowest BCUT2D eigenvalue weighted by Gasteiger charge is -2.38. The standard InChI is InChI=1S/C31H54N4O/c1-6-8-9-10-18-33(17-7-2)25-31(36)35-21-13-27(14-22-35)24-34-19-15-28(16-20-34)29-12-11-26(3)30(23-29)32(4)5/h11-12,23,27-28H,6-10,13-22,24-25H2,1-5H3. The van der Waals surface area contributed by atoms with Crippen LogP contribution in [0.2, 0.25) is 0 Å². The molecule has 0 saturated carbocycles. The number of nitrogens with zero attached hydrogens (tertiary/aromatic N) is 4. The molecule has 0 unspecified atom stereocenters. The van der Waals surface area contributed by atoms with Crippen molar-refractivity contribution < 1.29 is 4.79 Å². The highest BCUT2D eigenvalue weighted by atomic mass is 16.2. The number of carbonyl (C=O) groups is 1. The number of likely N-dealkylation sites (tertiary alicyclic amines) is 2. The van der Waals surface area contributed by atoms with E-state index in [-0.39, 0.29) is 0 Å². The molecule has 204 valence electrons. The molecule has 0 aliphatic carbocycles. The lowest BCUT2D eigenvalue weighted by molar-refractivity contribution is -0.134. The van der Waals surface area contributed by atoms with E-state index < -0.39 is 0 Å². The quantitative estimate of drug-likeness (QED) is 0.323. The maximum absolute atomic E-state index is 13.0. The number of benzene rings is 1. The first-order valence-electron chi connectivity index (χ1n) is 14.9. The third-order valence-corrected chi connectivity index (χ3v) is 8.48. The molecular weight excluding hydrogens is 444 g/mol. The number of amides is 1. The highest BCUT2D eigenvalue weighted by Gasteiger charge is 2.27. The summed E-state index contributed by atoms with van der Waals surface area (Å²) in [6.07, 6.45) is 11.1. The molecule has 0 N–H and O–H groups in total. The zero-order valence-corrected chi connectivity index (χ0v) is 24.1. The number of rotatable bonds is 13. The van der Waals surface area contributed by atoms with Crippen LogP contribution in [0.15, 0.2) is 18.2 Å². The van der Waals surface area contributed by atoms with Crippen LogP contribution in [-0.4, -0.2) is 87.1 Å². The Hall–Kier alpha value is -1.59. The molecule has 0 aromatic heterocycles. The van der Waals surface area contributed by atoms with Gasteiger partial charge in [-0.2, -0.15) is 0 Å². The average Bonchev–Trinajstić information content (AvgIpc) is 2.88. The van der Waals surface area contributed by atoms with Crippen molar-refractivity contribution in [2.45, 2.75) is 84.5 Å². The van der Waals surface area contributed by atoms with Gasteiger partial charge in [0.1, 0.15) is 0 Å². The molecule has 2 saturated heterocycles. The van der Waals surface area contributed by atoms with Gasteiger partial charge in [-0.15, -0.1) is 0 Å². The number of hydrogen-bond acceptors (Lipinski definition) is 4. The van der Waals surface area contributed by atoms with Gasteiger partial charge < -0.3 is 14.7 Å². The van der Waals surface area contributed by atoms with Gasteiger partial charge in [0.05, 0.1) is 6.54 Å². The predicted molar refractivity (Wildman–Crippen MR) is 154 cm³/mol. The van der Waals surface area contributed by atoms with Crippen molar-refractivity contribution in [3.8, 4) is 0 Å². The number of carbonyl (C=O) groups excluding carboxylic acids is 1. The van der Waals surface area contributed by atoms with Crippen LogP contribution in [0.25, 0.3) is 0 Å². The molecule has 5 heteroatoms. The summed E-state index contributed by atoms with van der Waals surface area (Å²) in [5.41, 5.74) is 4.22. The van der Waals surface area contributed by atoms with E-state index in [2.05, 4.69) is 72.7 Å². The summed E-state index contributed by atoms with van der Waals surface area (Å²) in [5, 5.41) is 0. The van der Waals surface area contributed by atoms with Gasteiger partial charge in [0.25, 0.3) is 0 Å². The molecule has 2 aliphatic rings. The molecule has 1 aromatic carbocycles. The predicted octanol–water partition coefficient (Wildman–Crippen LogP) is 5.77. The van der Waals surface area contributed by atoms with Gasteiger partial charge in [-0.3, -0.25) is 9.69 Å². The molecule has 0 bridgehead atoms. The molecule has 0 atom stereocenters. The normalized spacial score (nSPS) is 18.2. The first-order chi connectivity index (χ1) is 17.4. The van der Waals surface area contributed by atoms with E-state index in [0.717, 1.165) is 38.5 Å². The van der Waals surface area contributed by atoms with Gasteiger partial charge in [0.2, 0.25) is 5.91 Å². The van der Waals surface area contributed by atoms with E-state index in [1.54, 1.807) is 0 Å². The summed E-state index contributed by atoms with van der Waals surface area (Å²) >= 11 is 0. The summed E-state index contributed by atoms with van der Waals surface area (Å²) in [7, 11) is 4.28. The zero-order chi connectivity index (χ0) is 25.9. The van der Waals surface area contributed by atoms with Crippen LogP contribution in [0.5, 0.6) is 0 Å². The molecule has 2 aliphatic heterocycles. The van der Waals surface area contributed by atoms with Gasteiger partial charge >= 0.3 is 0 Å². The van der Waals surface area contributed by atoms with Crippen molar-refractivity contribution in [1.82, 2.24) is 14.7 Å². The van der Waals surface area contributed by atoms with E-state index in [4.69, 9.17) is 0 Å². The fraction of sp³-hybridized carbons (Fsp3) is 0.774. The Kier molecular flexibility index (Phi) is 12.1. The zero-order valence-electron chi connectivity index (χ0n) is 24.1. The number of aryl methyl sites for hydroxylation is 1. The van der Waals surface area contributed by atoms with Crippen molar-refractivity contribution in [3.05, 3.63) is 29.3 Å². The minimum absolute atomic E-state index is 0.355. The molecule has 3 rings (SSSR count). The van der Waals surface area contributed by atoms with Crippen LogP contribution in [0.4, 0.5) is 5.69 Å². The van der Waals surface area contributed by atoms with Gasteiger partial charge in [-0.05, 0) is 101 Å². The van der Waals surface area contributed by atoms with E-state index in [1.807, 2.05) is 0 Å². The molecule has 5 nitrogen and oxygen atoms in total. The van der Waals surface area contributed by atoms with Gasteiger partial charge in [-0.25, -0.2) is 0 Å². The maximum atomic E-state index is 13.0. The fourth-order valence-electron chi connectivity index (χ4n) is 6.18. The molecule has 1 amide bonds. The summed E-state index contributed by atoms with van der Waals surface area (Å²) in [4.78, 5) is 22.5. The van der Waals surface area contributed by atoms with Crippen molar-refractivity contribution in [2.75, 3.05) is 71.4 Å². The first-order valence-corrected chi connectivity index (χ1v) is 14.9. The van der Waals surface area contributed by atoms with E-state index in [9.17, 15) is 4.79 Å². The Balaban J connectivity index is 1.38. The highest BCUT2D eigenvalue weighted by Crippen LogP contribution is 2.32. The van der Waals surface area contributed by atoms with Crippen molar-refractivity contribution >= 4 is 11.6 Å². The smallest absolute Gasteiger partial charge is 0.236 e. The third kappa shape index (κ3) is 8.76. The Morgan fingerprint density at radius 1 is 0.917 bits per heavy atom. The Labute approximate surface area is 222 Å². The van der Waals surface area contributed by atoms with Crippen LogP contribution >= 0.6 is 0 Å². The van der Waals surface area contributed by atoms with Gasteiger partial charge in [0.15, 0.2) is 0 Å². The van der Waals surface area contributed by atoms with Crippen LogP contribution in [0.1, 0.15) is 88.7 Å². The van der Waals surface area contributed by atoms with Gasteiger partial charge in [0, 0.05) is 39.4 Å². The Bertz CT molecular complexity index is 779. The summed E-state index contributed by atoms with van der Waals surface area (Å²) in [6.45, 7) is 14.9. The molecule has 36 heavy (non-hydrogen) atoms. The highest BCUT2D eigenvalue weighted by molar-refractivity contribution is 5.78. The second kappa shape index (κ2) is 15.0. The summed E-state index contributed by atoms with van der Waals surface area (Å²) in [6, 6.07) is 7.05. The topological polar surface area (TPSA) is 30.0 Å². The lowest BCUT2D eigenvalue weighted by Crippen LogP contribution is -2.46. The third-order valence-electron chi connectivity index (χ3n) is 8.48.